The van der Waals surface area contributed by atoms with Crippen molar-refractivity contribution in [2.75, 3.05) is 34.3 Å². The fourth-order valence-corrected chi connectivity index (χ4v) is 4.48. The summed E-state index contributed by atoms with van der Waals surface area (Å²) in [5, 5.41) is 11.4. The molecular weight excluding hydrogens is 391 g/mol. The van der Waals surface area contributed by atoms with Crippen molar-refractivity contribution in [1.82, 2.24) is 5.09 Å². The molecule has 1 unspecified atom stereocenters. The molecule has 0 heterocycles. The second kappa shape index (κ2) is 16.3. The van der Waals surface area contributed by atoms with Crippen molar-refractivity contribution in [2.45, 2.75) is 96.4 Å². The first-order valence-electron chi connectivity index (χ1n) is 11.3. The van der Waals surface area contributed by atoms with Gasteiger partial charge in [-0.3, -0.25) is 9.36 Å². The van der Waals surface area contributed by atoms with E-state index in [1.165, 1.54) is 57.8 Å². The van der Waals surface area contributed by atoms with Crippen molar-refractivity contribution in [3.8, 4) is 0 Å². The number of nitrogens with zero attached hydrogens (tertiary/aromatic N) is 1. The van der Waals surface area contributed by atoms with Crippen molar-refractivity contribution in [1.29, 1.82) is 0 Å². The number of hydrogen-bond acceptors (Lipinski definition) is 4. The van der Waals surface area contributed by atoms with Crippen LogP contribution in [0, 0.1) is 0 Å². The molecule has 2 N–H and O–H groups in total. The van der Waals surface area contributed by atoms with Crippen LogP contribution in [0.1, 0.15) is 90.4 Å². The number of quaternary nitrogens is 1. The summed E-state index contributed by atoms with van der Waals surface area (Å²) in [6.07, 6.45) is 14.2. The van der Waals surface area contributed by atoms with Crippen LogP contribution in [0.3, 0.4) is 0 Å². The summed E-state index contributed by atoms with van der Waals surface area (Å²) in [6.45, 7) is 2.76. The molecule has 0 aliphatic heterocycles. The minimum Gasteiger partial charge on any atom is -0.766 e. The maximum Gasteiger partial charge on any atom is 0.305 e. The zero-order valence-corrected chi connectivity index (χ0v) is 20.1. The van der Waals surface area contributed by atoms with Gasteiger partial charge in [0.2, 0.25) is 7.75 Å². The van der Waals surface area contributed by atoms with E-state index in [2.05, 4.69) is 12.0 Å². The van der Waals surface area contributed by atoms with Gasteiger partial charge in [0.25, 0.3) is 0 Å². The maximum absolute atomic E-state index is 12.1. The maximum atomic E-state index is 12.1. The lowest BCUT2D eigenvalue weighted by Crippen LogP contribution is -2.48. The van der Waals surface area contributed by atoms with E-state index in [4.69, 9.17) is 9.63 Å². The van der Waals surface area contributed by atoms with Gasteiger partial charge in [0.15, 0.2) is 0 Å². The molecule has 174 valence electrons. The molecule has 7 nitrogen and oxygen atoms in total. The molecule has 0 aromatic rings. The lowest BCUT2D eigenvalue weighted by molar-refractivity contribution is -0.871. The largest absolute Gasteiger partial charge is 0.766 e. The molecule has 0 radical (unpaired) electrons. The number of nitrogens with one attached hydrogen (secondary N) is 1. The minimum absolute atomic E-state index is 0.148. The summed E-state index contributed by atoms with van der Waals surface area (Å²) in [7, 11) is 1.42. The molecule has 0 saturated carbocycles. The molecule has 2 atom stereocenters. The van der Waals surface area contributed by atoms with Crippen LogP contribution in [-0.2, 0) is 13.9 Å². The molecule has 0 aromatic heterocycles. The van der Waals surface area contributed by atoms with E-state index in [0.717, 1.165) is 12.8 Å². The van der Waals surface area contributed by atoms with Gasteiger partial charge >= 0.3 is 5.97 Å². The van der Waals surface area contributed by atoms with Crippen LogP contribution in [0.2, 0.25) is 0 Å². The number of unbranched alkanes of at least 4 members (excludes halogenated alkanes) is 11. The van der Waals surface area contributed by atoms with Crippen LogP contribution in [0.25, 0.3) is 0 Å². The van der Waals surface area contributed by atoms with E-state index in [9.17, 15) is 14.3 Å². The summed E-state index contributed by atoms with van der Waals surface area (Å²) >= 11 is 0. The number of carboxylic acid groups (broad SMARTS) is 1. The molecule has 0 rings (SSSR count). The second-order valence-electron chi connectivity index (χ2n) is 9.12. The Labute approximate surface area is 178 Å². The monoisotopic (exact) mass is 436 g/mol. The van der Waals surface area contributed by atoms with Crippen molar-refractivity contribution in [3.63, 3.8) is 0 Å². The first-order valence-corrected chi connectivity index (χ1v) is 12.9. The summed E-state index contributed by atoms with van der Waals surface area (Å²) in [5.74, 6) is -1.03. The van der Waals surface area contributed by atoms with Crippen molar-refractivity contribution >= 4 is 13.7 Å². The predicted molar refractivity (Wildman–Crippen MR) is 117 cm³/mol. The van der Waals surface area contributed by atoms with E-state index in [1.807, 2.05) is 21.1 Å². The normalized spacial score (nSPS) is 15.2. The van der Waals surface area contributed by atoms with Crippen molar-refractivity contribution in [2.24, 2.45) is 0 Å². The molecule has 8 heteroatoms. The Morgan fingerprint density at radius 1 is 0.966 bits per heavy atom. The lowest BCUT2D eigenvalue weighted by atomic mass is 10.1. The predicted octanol–water partition coefficient (Wildman–Crippen LogP) is 4.31. The van der Waals surface area contributed by atoms with Crippen LogP contribution in [0.4, 0.5) is 0 Å². The van der Waals surface area contributed by atoms with Gasteiger partial charge in [0.1, 0.15) is 0 Å². The number of aliphatic carboxylic acids is 1. The molecule has 29 heavy (non-hydrogen) atoms. The van der Waals surface area contributed by atoms with Gasteiger partial charge < -0.3 is 19.0 Å². The highest BCUT2D eigenvalue weighted by atomic mass is 31.2. The van der Waals surface area contributed by atoms with E-state index in [-0.39, 0.29) is 13.0 Å². The highest BCUT2D eigenvalue weighted by Crippen LogP contribution is 2.33. The average Bonchev–Trinajstić information content (AvgIpc) is 2.56. The Morgan fingerprint density at radius 3 is 1.83 bits per heavy atom. The Bertz CT molecular complexity index is 468. The molecule has 0 bridgehead atoms. The highest BCUT2D eigenvalue weighted by Gasteiger charge is 2.24. The standard InChI is InChI=1S/C21H45N2O5P/c1-5-6-7-8-9-10-11-12-13-14-15-16-17-28-29(26,27)22-20(18-21(24)25)19-23(2,3)4/h20H,5-19H2,1-4H3,(H2-,22,24,25,26,27)/t20-/m1/s1. The Balaban J connectivity index is 3.82. The molecule has 0 aliphatic rings. The van der Waals surface area contributed by atoms with E-state index < -0.39 is 19.8 Å². The van der Waals surface area contributed by atoms with Gasteiger partial charge in [-0.25, -0.2) is 5.09 Å². The highest BCUT2D eigenvalue weighted by molar-refractivity contribution is 7.49. The first kappa shape index (κ1) is 28.5. The molecule has 0 fully saturated rings. The van der Waals surface area contributed by atoms with Crippen molar-refractivity contribution in [3.05, 3.63) is 0 Å². The Hall–Kier alpha value is -0.460. The Morgan fingerprint density at radius 2 is 1.41 bits per heavy atom. The van der Waals surface area contributed by atoms with Gasteiger partial charge in [-0.05, 0) is 6.42 Å². The third-order valence-corrected chi connectivity index (χ3v) is 5.99. The second-order valence-corrected chi connectivity index (χ2v) is 10.6. The number of likely N-dealkylation sites (N-methyl/N-ethyl adjacent to an activating group) is 1. The zero-order valence-electron chi connectivity index (χ0n) is 19.2. The van der Waals surface area contributed by atoms with Gasteiger partial charge in [-0.15, -0.1) is 0 Å². The first-order chi connectivity index (χ1) is 13.6. The van der Waals surface area contributed by atoms with Crippen LogP contribution in [0.15, 0.2) is 0 Å². The number of rotatable bonds is 20. The van der Waals surface area contributed by atoms with Crippen LogP contribution < -0.4 is 9.98 Å². The van der Waals surface area contributed by atoms with E-state index in [0.29, 0.717) is 17.4 Å². The third kappa shape index (κ3) is 20.6. The molecule has 0 amide bonds. The summed E-state index contributed by atoms with van der Waals surface area (Å²) < 4.78 is 17.6. The fourth-order valence-electron chi connectivity index (χ4n) is 3.41. The van der Waals surface area contributed by atoms with Gasteiger partial charge in [0, 0.05) is 0 Å². The quantitative estimate of drug-likeness (QED) is 0.168. The number of carboxylic acids is 1. The molecular formula is C21H45N2O5P. The van der Waals surface area contributed by atoms with Crippen LogP contribution >= 0.6 is 7.75 Å². The molecule has 0 saturated heterocycles. The SMILES string of the molecule is CCCCCCCCCCCCCCOP(=O)([O-])N[C@H](CC(=O)O)C[N+](C)(C)C. The van der Waals surface area contributed by atoms with Gasteiger partial charge in [-0.2, -0.15) is 0 Å². The average molecular weight is 437 g/mol. The molecule has 0 aliphatic carbocycles. The fraction of sp³-hybridized carbons (Fsp3) is 0.952. The summed E-state index contributed by atoms with van der Waals surface area (Å²) in [4.78, 5) is 23.1. The lowest BCUT2D eigenvalue weighted by Gasteiger charge is -2.33. The van der Waals surface area contributed by atoms with Gasteiger partial charge in [-0.1, -0.05) is 77.6 Å². The third-order valence-electron chi connectivity index (χ3n) is 4.79. The van der Waals surface area contributed by atoms with Gasteiger partial charge in [0.05, 0.1) is 46.8 Å². The van der Waals surface area contributed by atoms with Crippen LogP contribution in [0.5, 0.6) is 0 Å². The molecule has 0 spiro atoms. The number of carbonyl (C=O) groups is 1. The van der Waals surface area contributed by atoms with Crippen molar-refractivity contribution < 1.29 is 28.4 Å². The van der Waals surface area contributed by atoms with Crippen LogP contribution in [-0.4, -0.2) is 55.9 Å². The zero-order chi connectivity index (χ0) is 22.2. The van der Waals surface area contributed by atoms with E-state index >= 15 is 0 Å². The molecule has 0 aromatic carbocycles. The smallest absolute Gasteiger partial charge is 0.305 e. The number of hydrogen-bond donors (Lipinski definition) is 2. The van der Waals surface area contributed by atoms with E-state index in [1.54, 1.807) is 0 Å². The summed E-state index contributed by atoms with van der Waals surface area (Å²) in [6, 6.07) is -0.683. The Kier molecular flexibility index (Phi) is 16.0. The minimum atomic E-state index is -4.25. The topological polar surface area (TPSA) is 98.7 Å². The summed E-state index contributed by atoms with van der Waals surface area (Å²) in [5.41, 5.74) is 0.